The molecule has 142 valence electrons. The lowest BCUT2D eigenvalue weighted by Crippen LogP contribution is -2.48. The Kier molecular flexibility index (Phi) is 4.40. The Morgan fingerprint density at radius 3 is 2.56 bits per heavy atom. The van der Waals surface area contributed by atoms with Crippen molar-refractivity contribution in [2.45, 2.75) is 32.0 Å². The number of hydrazone groups is 1. The Morgan fingerprint density at radius 2 is 1.85 bits per heavy atom. The number of nitrogens with zero attached hydrogens (tertiary/aromatic N) is 2. The van der Waals surface area contributed by atoms with Gasteiger partial charge in [-0.15, -0.1) is 0 Å². The molecule has 0 aromatic heterocycles. The number of rotatable bonds is 3. The summed E-state index contributed by atoms with van der Waals surface area (Å²) in [6.07, 6.45) is 0.714. The van der Waals surface area contributed by atoms with E-state index in [-0.39, 0.29) is 6.04 Å². The third-order valence-corrected chi connectivity index (χ3v) is 5.43. The highest BCUT2D eigenvalue weighted by molar-refractivity contribution is 6.35. The molecule has 7 heteroatoms. The molecule has 0 radical (unpaired) electrons. The van der Waals surface area contributed by atoms with Gasteiger partial charge in [-0.1, -0.05) is 23.2 Å². The predicted octanol–water partition coefficient (Wildman–Crippen LogP) is 5.29. The maximum atomic E-state index is 6.40. The fourth-order valence-corrected chi connectivity index (χ4v) is 4.22. The van der Waals surface area contributed by atoms with Crippen molar-refractivity contribution in [3.8, 4) is 17.2 Å². The van der Waals surface area contributed by atoms with Gasteiger partial charge in [-0.05, 0) is 44.2 Å². The van der Waals surface area contributed by atoms with Crippen LogP contribution in [-0.4, -0.2) is 30.7 Å². The normalized spacial score (nSPS) is 19.7. The van der Waals surface area contributed by atoms with Crippen LogP contribution in [0.5, 0.6) is 17.2 Å². The first-order valence-corrected chi connectivity index (χ1v) is 9.37. The Bertz CT molecular complexity index is 943. The van der Waals surface area contributed by atoms with E-state index in [2.05, 4.69) is 0 Å². The van der Waals surface area contributed by atoms with Crippen LogP contribution >= 0.6 is 23.2 Å². The van der Waals surface area contributed by atoms with E-state index in [4.69, 9.17) is 42.5 Å². The van der Waals surface area contributed by atoms with Crippen molar-refractivity contribution < 1.29 is 14.2 Å². The minimum Gasteiger partial charge on any atom is -0.493 e. The molecule has 0 spiro atoms. The van der Waals surface area contributed by atoms with Gasteiger partial charge in [-0.2, -0.15) is 5.10 Å². The quantitative estimate of drug-likeness (QED) is 0.694. The average Bonchev–Trinajstić information content (AvgIpc) is 3.09. The van der Waals surface area contributed by atoms with Crippen LogP contribution in [0.2, 0.25) is 10.0 Å². The Balaban J connectivity index is 1.77. The van der Waals surface area contributed by atoms with Gasteiger partial charge < -0.3 is 14.2 Å². The first kappa shape index (κ1) is 18.3. The number of ether oxygens (including phenoxy) is 3. The van der Waals surface area contributed by atoms with Crippen molar-refractivity contribution in [1.82, 2.24) is 5.01 Å². The first-order chi connectivity index (χ1) is 12.8. The van der Waals surface area contributed by atoms with E-state index in [1.807, 2.05) is 43.1 Å². The Labute approximate surface area is 168 Å². The van der Waals surface area contributed by atoms with Crippen LogP contribution in [0, 0.1) is 0 Å². The molecular weight excluding hydrogens is 387 g/mol. The number of hydrogen-bond acceptors (Lipinski definition) is 5. The summed E-state index contributed by atoms with van der Waals surface area (Å²) in [4.78, 5) is 0. The first-order valence-electron chi connectivity index (χ1n) is 8.61. The zero-order chi connectivity index (χ0) is 19.3. The standard InChI is InChI=1S/C20H20Cl2N2O3/c1-20(2)24-16(13-8-12(21)9-14(22)19(13)27-20)10-15(23-24)11-5-6-17(25-3)18(7-11)26-4/h5-9,16H,10H2,1-4H3. The van der Waals surface area contributed by atoms with Crippen LogP contribution in [0.1, 0.15) is 37.4 Å². The molecule has 2 aromatic carbocycles. The van der Waals surface area contributed by atoms with Crippen molar-refractivity contribution in [1.29, 1.82) is 0 Å². The lowest BCUT2D eigenvalue weighted by atomic mass is 9.95. The van der Waals surface area contributed by atoms with E-state index < -0.39 is 5.72 Å². The second-order valence-corrected chi connectivity index (χ2v) is 7.88. The molecule has 2 heterocycles. The zero-order valence-corrected chi connectivity index (χ0v) is 17.1. The van der Waals surface area contributed by atoms with Crippen molar-refractivity contribution >= 4 is 28.9 Å². The number of benzene rings is 2. The lowest BCUT2D eigenvalue weighted by Gasteiger charge is -2.44. The predicted molar refractivity (Wildman–Crippen MR) is 106 cm³/mol. The number of halogens is 2. The summed E-state index contributed by atoms with van der Waals surface area (Å²) in [7, 11) is 3.24. The van der Waals surface area contributed by atoms with E-state index in [0.29, 0.717) is 33.7 Å². The van der Waals surface area contributed by atoms with Crippen molar-refractivity contribution in [3.63, 3.8) is 0 Å². The number of fused-ring (bicyclic) bond motifs is 3. The van der Waals surface area contributed by atoms with Gasteiger partial charge in [0.2, 0.25) is 0 Å². The number of methoxy groups -OCH3 is 2. The highest BCUT2D eigenvalue weighted by Crippen LogP contribution is 2.50. The van der Waals surface area contributed by atoms with E-state index in [9.17, 15) is 0 Å². The molecule has 0 saturated carbocycles. The minimum absolute atomic E-state index is 0.00282. The van der Waals surface area contributed by atoms with Crippen molar-refractivity contribution in [2.24, 2.45) is 5.10 Å². The van der Waals surface area contributed by atoms with Crippen LogP contribution in [0.3, 0.4) is 0 Å². The highest BCUT2D eigenvalue weighted by Gasteiger charge is 2.45. The van der Waals surface area contributed by atoms with Crippen LogP contribution in [0.4, 0.5) is 0 Å². The fraction of sp³-hybridized carbons (Fsp3) is 0.350. The van der Waals surface area contributed by atoms with Gasteiger partial charge in [-0.3, -0.25) is 0 Å². The smallest absolute Gasteiger partial charge is 0.192 e. The van der Waals surface area contributed by atoms with Gasteiger partial charge in [0.1, 0.15) is 5.75 Å². The van der Waals surface area contributed by atoms with Crippen molar-refractivity contribution in [2.75, 3.05) is 14.2 Å². The fourth-order valence-electron chi connectivity index (χ4n) is 3.67. The SMILES string of the molecule is COc1ccc(C2=NN3C(C2)c2cc(Cl)cc(Cl)c2OC3(C)C)cc1OC. The molecule has 4 rings (SSSR count). The molecular formula is C20H20Cl2N2O3. The van der Waals surface area contributed by atoms with Gasteiger partial charge in [-0.25, -0.2) is 5.01 Å². The molecule has 0 N–H and O–H groups in total. The van der Waals surface area contributed by atoms with Gasteiger partial charge in [0.15, 0.2) is 17.2 Å². The van der Waals surface area contributed by atoms with Gasteiger partial charge in [0, 0.05) is 22.6 Å². The molecule has 0 saturated heterocycles. The molecule has 1 unspecified atom stereocenters. The molecule has 5 nitrogen and oxygen atoms in total. The maximum Gasteiger partial charge on any atom is 0.192 e. The minimum atomic E-state index is -0.632. The third kappa shape index (κ3) is 2.99. The summed E-state index contributed by atoms with van der Waals surface area (Å²) >= 11 is 12.6. The van der Waals surface area contributed by atoms with E-state index in [0.717, 1.165) is 16.8 Å². The number of hydrogen-bond donors (Lipinski definition) is 0. The topological polar surface area (TPSA) is 43.3 Å². The Morgan fingerprint density at radius 1 is 1.11 bits per heavy atom. The summed E-state index contributed by atoms with van der Waals surface area (Å²) in [6, 6.07) is 9.43. The van der Waals surface area contributed by atoms with Crippen LogP contribution < -0.4 is 14.2 Å². The lowest BCUT2D eigenvalue weighted by molar-refractivity contribution is -0.0910. The second-order valence-electron chi connectivity index (χ2n) is 7.04. The van der Waals surface area contributed by atoms with Gasteiger partial charge in [0.25, 0.3) is 0 Å². The van der Waals surface area contributed by atoms with Crippen LogP contribution in [-0.2, 0) is 0 Å². The molecule has 27 heavy (non-hydrogen) atoms. The molecule has 2 aliphatic rings. The molecule has 0 bridgehead atoms. The van der Waals surface area contributed by atoms with Crippen LogP contribution in [0.15, 0.2) is 35.4 Å². The molecule has 0 fully saturated rings. The molecule has 2 aliphatic heterocycles. The van der Waals surface area contributed by atoms with E-state index >= 15 is 0 Å². The monoisotopic (exact) mass is 406 g/mol. The summed E-state index contributed by atoms with van der Waals surface area (Å²) in [5, 5.41) is 7.95. The van der Waals surface area contributed by atoms with Gasteiger partial charge in [0.05, 0.1) is 31.0 Å². The van der Waals surface area contributed by atoms with Gasteiger partial charge >= 0.3 is 0 Å². The Hall–Kier alpha value is -2.11. The molecule has 1 atom stereocenters. The van der Waals surface area contributed by atoms with E-state index in [1.165, 1.54) is 0 Å². The average molecular weight is 407 g/mol. The highest BCUT2D eigenvalue weighted by atomic mass is 35.5. The summed E-state index contributed by atoms with van der Waals surface area (Å²) in [5.41, 5.74) is 2.24. The maximum absolute atomic E-state index is 6.40. The summed E-state index contributed by atoms with van der Waals surface area (Å²) in [5.74, 6) is 2.03. The van der Waals surface area contributed by atoms with E-state index in [1.54, 1.807) is 20.3 Å². The largest absolute Gasteiger partial charge is 0.493 e. The summed E-state index contributed by atoms with van der Waals surface area (Å²) < 4.78 is 16.9. The summed E-state index contributed by atoms with van der Waals surface area (Å²) in [6.45, 7) is 3.96. The molecule has 2 aromatic rings. The van der Waals surface area contributed by atoms with Crippen LogP contribution in [0.25, 0.3) is 0 Å². The third-order valence-electron chi connectivity index (χ3n) is 4.93. The second kappa shape index (κ2) is 6.50. The molecule has 0 aliphatic carbocycles. The van der Waals surface area contributed by atoms with Crippen molar-refractivity contribution in [3.05, 3.63) is 51.5 Å². The molecule has 0 amide bonds. The zero-order valence-electron chi connectivity index (χ0n) is 15.5.